The van der Waals surface area contributed by atoms with Crippen LogP contribution in [0.3, 0.4) is 0 Å². The van der Waals surface area contributed by atoms with Crippen LogP contribution in [0.5, 0.6) is 0 Å². The molecule has 1 aromatic heterocycles. The van der Waals surface area contributed by atoms with Gasteiger partial charge in [0.15, 0.2) is 0 Å². The first kappa shape index (κ1) is 25.5. The molecule has 0 unspecified atom stereocenters. The van der Waals surface area contributed by atoms with E-state index < -0.39 is 0 Å². The van der Waals surface area contributed by atoms with Crippen LogP contribution in [0.15, 0.2) is 64.7 Å². The van der Waals surface area contributed by atoms with Gasteiger partial charge in [-0.2, -0.15) is 0 Å². The van der Waals surface area contributed by atoms with E-state index in [1.807, 2.05) is 50.2 Å². The maximum absolute atomic E-state index is 13.2. The summed E-state index contributed by atoms with van der Waals surface area (Å²) in [5.74, 6) is 0.414. The maximum Gasteiger partial charge on any atom is 0.141 e. The van der Waals surface area contributed by atoms with Gasteiger partial charge in [0.2, 0.25) is 0 Å². The van der Waals surface area contributed by atoms with Crippen LogP contribution >= 0.6 is 23.2 Å². The Morgan fingerprint density at radius 3 is 2.84 bits per heavy atom. The van der Waals surface area contributed by atoms with Gasteiger partial charge in [-0.25, -0.2) is 9.37 Å². The second-order valence-electron chi connectivity index (χ2n) is 6.95. The highest BCUT2D eigenvalue weighted by atomic mass is 35.5. The molecule has 168 valence electrons. The summed E-state index contributed by atoms with van der Waals surface area (Å²) >= 11 is 12.8. The molecule has 2 aromatic rings. The predicted molar refractivity (Wildman–Crippen MR) is 132 cm³/mol. The maximum atomic E-state index is 13.2. The molecule has 1 heterocycles. The summed E-state index contributed by atoms with van der Waals surface area (Å²) in [6.07, 6.45) is 11.1. The third kappa shape index (κ3) is 7.16. The smallest absolute Gasteiger partial charge is 0.141 e. The molecule has 1 aromatic carbocycles. The highest BCUT2D eigenvalue weighted by Crippen LogP contribution is 2.31. The SMILES string of the molecule is C=C(/C=c1/[nH]c(C2=C(Cl)C=CCC=C2Cl)n/c1=C/C)CNCCc1cccc(F)c1.C=O. The number of hydrogen-bond acceptors (Lipinski definition) is 3. The van der Waals surface area contributed by atoms with Crippen LogP contribution < -0.4 is 16.0 Å². The number of nitrogens with one attached hydrogen (secondary N) is 2. The Balaban J connectivity index is 0.00000176. The number of rotatable bonds is 7. The Bertz CT molecular complexity index is 1160. The van der Waals surface area contributed by atoms with Crippen molar-refractivity contribution in [1.82, 2.24) is 15.3 Å². The molecule has 0 radical (unpaired) electrons. The molecule has 0 amide bonds. The lowest BCUT2D eigenvalue weighted by atomic mass is 10.1. The number of aromatic amines is 1. The largest absolute Gasteiger partial charge is 0.338 e. The second-order valence-corrected chi connectivity index (χ2v) is 7.76. The van der Waals surface area contributed by atoms with Gasteiger partial charge in [0, 0.05) is 11.6 Å². The Kier molecular flexibility index (Phi) is 10.3. The molecular weight excluding hydrogens is 448 g/mol. The van der Waals surface area contributed by atoms with Gasteiger partial charge in [0.05, 0.1) is 21.3 Å². The van der Waals surface area contributed by atoms with E-state index in [1.54, 1.807) is 12.1 Å². The number of benzene rings is 1. The lowest BCUT2D eigenvalue weighted by Gasteiger charge is -2.05. The summed E-state index contributed by atoms with van der Waals surface area (Å²) in [6.45, 7) is 9.39. The van der Waals surface area contributed by atoms with Gasteiger partial charge in [0.25, 0.3) is 0 Å². The Morgan fingerprint density at radius 2 is 2.12 bits per heavy atom. The number of H-pyrrole nitrogens is 1. The van der Waals surface area contributed by atoms with Crippen LogP contribution in [0.1, 0.15) is 24.7 Å². The first-order valence-electron chi connectivity index (χ1n) is 10.1. The molecule has 0 bridgehead atoms. The van der Waals surface area contributed by atoms with Crippen molar-refractivity contribution < 1.29 is 9.18 Å². The van der Waals surface area contributed by atoms with Gasteiger partial charge < -0.3 is 15.1 Å². The van der Waals surface area contributed by atoms with E-state index in [0.717, 1.165) is 41.2 Å². The number of carbonyl (C=O) groups excluding carboxylic acids is 1. The lowest BCUT2D eigenvalue weighted by Crippen LogP contribution is -2.26. The summed E-state index contributed by atoms with van der Waals surface area (Å²) in [7, 11) is 0. The number of nitrogens with zero attached hydrogens (tertiary/aromatic N) is 1. The molecule has 2 N–H and O–H groups in total. The lowest BCUT2D eigenvalue weighted by molar-refractivity contribution is -0.0979. The van der Waals surface area contributed by atoms with E-state index >= 15 is 0 Å². The molecule has 3 rings (SSSR count). The fraction of sp³-hybridized carbons (Fsp3) is 0.200. The Labute approximate surface area is 197 Å². The molecule has 4 nitrogen and oxygen atoms in total. The van der Waals surface area contributed by atoms with Gasteiger partial charge in [-0.15, -0.1) is 0 Å². The monoisotopic (exact) mass is 473 g/mol. The third-order valence-corrected chi connectivity index (χ3v) is 5.28. The summed E-state index contributed by atoms with van der Waals surface area (Å²) in [5, 5.41) is 6.11. The quantitative estimate of drug-likeness (QED) is 0.587. The minimum absolute atomic E-state index is 0.210. The number of hydrogen-bond donors (Lipinski definition) is 2. The van der Waals surface area contributed by atoms with Crippen LogP contribution in [-0.2, 0) is 11.2 Å². The minimum atomic E-state index is -0.210. The molecule has 0 atom stereocenters. The standard InChI is InChI=1S/C24H24Cl2FN3.CH2O/c1-3-21-22(30-24(29-21)23-19(25)9-4-5-10-20(23)26)13-16(2)15-28-12-11-17-7-6-8-18(27)14-17;1-2/h3-4,6-10,13-14,28H,2,5,11-12,15H2,1H3,(H,29,30);1H2/b21-3+,22-13+;. The van der Waals surface area contributed by atoms with Crippen LogP contribution in [-0.4, -0.2) is 29.8 Å². The zero-order valence-corrected chi connectivity index (χ0v) is 19.4. The third-order valence-electron chi connectivity index (χ3n) is 4.63. The van der Waals surface area contributed by atoms with E-state index in [9.17, 15) is 4.39 Å². The van der Waals surface area contributed by atoms with Crippen molar-refractivity contribution in [2.24, 2.45) is 0 Å². The van der Waals surface area contributed by atoms with Crippen LogP contribution in [0, 0.1) is 5.82 Å². The van der Waals surface area contributed by atoms with E-state index in [4.69, 9.17) is 28.0 Å². The van der Waals surface area contributed by atoms with Gasteiger partial charge in [0.1, 0.15) is 18.4 Å². The fourth-order valence-corrected chi connectivity index (χ4v) is 3.76. The molecule has 7 heteroatoms. The number of imidazole rings is 1. The molecule has 0 fully saturated rings. The predicted octanol–water partition coefficient (Wildman–Crippen LogP) is 4.37. The minimum Gasteiger partial charge on any atom is -0.338 e. The summed E-state index contributed by atoms with van der Waals surface area (Å²) in [5.41, 5.74) is 2.55. The van der Waals surface area contributed by atoms with E-state index in [-0.39, 0.29) is 5.82 Å². The topological polar surface area (TPSA) is 57.8 Å². The average molecular weight is 474 g/mol. The Morgan fingerprint density at radius 1 is 1.34 bits per heavy atom. The van der Waals surface area contributed by atoms with Gasteiger partial charge >= 0.3 is 0 Å². The summed E-state index contributed by atoms with van der Waals surface area (Å²) < 4.78 is 13.2. The molecule has 1 aliphatic carbocycles. The molecule has 0 aliphatic heterocycles. The number of aromatic nitrogens is 2. The van der Waals surface area contributed by atoms with Gasteiger partial charge in [-0.05, 0) is 61.7 Å². The highest BCUT2D eigenvalue weighted by molar-refractivity contribution is 6.42. The fourth-order valence-electron chi connectivity index (χ4n) is 3.15. The first-order valence-corrected chi connectivity index (χ1v) is 10.8. The normalized spacial score (nSPS) is 14.7. The molecule has 0 spiro atoms. The highest BCUT2D eigenvalue weighted by Gasteiger charge is 2.15. The summed E-state index contributed by atoms with van der Waals surface area (Å²) in [4.78, 5) is 16.0. The van der Waals surface area contributed by atoms with Gasteiger partial charge in [-0.3, -0.25) is 0 Å². The van der Waals surface area contributed by atoms with Crippen molar-refractivity contribution in [2.75, 3.05) is 13.1 Å². The van der Waals surface area contributed by atoms with Crippen LogP contribution in [0.25, 0.3) is 17.7 Å². The summed E-state index contributed by atoms with van der Waals surface area (Å²) in [6, 6.07) is 6.65. The number of allylic oxidation sites excluding steroid dienone is 6. The van der Waals surface area contributed by atoms with E-state index in [1.165, 1.54) is 6.07 Å². The van der Waals surface area contributed by atoms with Crippen molar-refractivity contribution in [3.05, 3.63) is 92.6 Å². The zero-order valence-electron chi connectivity index (χ0n) is 17.9. The molecule has 0 saturated carbocycles. The van der Waals surface area contributed by atoms with Gasteiger partial charge in [-0.1, -0.05) is 60.1 Å². The number of halogens is 3. The average Bonchev–Trinajstić information content (AvgIpc) is 3.09. The molecule has 1 aliphatic rings. The van der Waals surface area contributed by atoms with Crippen molar-refractivity contribution in [3.8, 4) is 0 Å². The second kappa shape index (κ2) is 13.0. The van der Waals surface area contributed by atoms with Crippen molar-refractivity contribution in [3.63, 3.8) is 0 Å². The van der Waals surface area contributed by atoms with Crippen LogP contribution in [0.4, 0.5) is 4.39 Å². The number of carbonyl (C=O) groups is 1. The van der Waals surface area contributed by atoms with E-state index in [2.05, 4.69) is 21.9 Å². The van der Waals surface area contributed by atoms with E-state index in [0.29, 0.717) is 28.0 Å². The molecule has 32 heavy (non-hydrogen) atoms. The van der Waals surface area contributed by atoms with Crippen molar-refractivity contribution in [2.45, 2.75) is 19.8 Å². The molecular formula is C25H26Cl2FN3O. The van der Waals surface area contributed by atoms with Crippen molar-refractivity contribution >= 4 is 47.7 Å². The van der Waals surface area contributed by atoms with Crippen molar-refractivity contribution in [1.29, 1.82) is 0 Å². The van der Waals surface area contributed by atoms with Crippen LogP contribution in [0.2, 0.25) is 0 Å². The first-order chi connectivity index (χ1) is 15.5. The zero-order chi connectivity index (χ0) is 23.5. The Hall–Kier alpha value is -2.73. The molecule has 0 saturated heterocycles.